The average Bonchev–Trinajstić information content (AvgIpc) is 2.94. The maximum Gasteiger partial charge on any atom is 0.314 e. The van der Waals surface area contributed by atoms with Crippen LogP contribution in [0.25, 0.3) is 0 Å². The van der Waals surface area contributed by atoms with Gasteiger partial charge in [0.15, 0.2) is 11.5 Å². The molecule has 1 aromatic rings. The second kappa shape index (κ2) is 5.48. The summed E-state index contributed by atoms with van der Waals surface area (Å²) in [5.41, 5.74) is 1.04. The van der Waals surface area contributed by atoms with Gasteiger partial charge in [0, 0.05) is 26.2 Å². The molecule has 2 N–H and O–H groups in total. The molecule has 6 nitrogen and oxygen atoms in total. The van der Waals surface area contributed by atoms with E-state index in [1.165, 1.54) is 0 Å². The zero-order chi connectivity index (χ0) is 13.9. The Labute approximate surface area is 118 Å². The highest BCUT2D eigenvalue weighted by Gasteiger charge is 2.27. The highest BCUT2D eigenvalue weighted by atomic mass is 16.6. The Morgan fingerprint density at radius 1 is 1.35 bits per heavy atom. The standard InChI is InChI=1S/C14H19N3O3/c1-15-14(18)16-10-5-6-17(9-10)11-3-2-4-12-13(11)20-8-7-19-12/h2-4,10H,5-9H2,1H3,(H2,15,16,18)/t10-/m0/s1. The highest BCUT2D eigenvalue weighted by molar-refractivity contribution is 5.74. The minimum absolute atomic E-state index is 0.133. The lowest BCUT2D eigenvalue weighted by atomic mass is 10.2. The fourth-order valence-electron chi connectivity index (χ4n) is 2.66. The Morgan fingerprint density at radius 2 is 2.20 bits per heavy atom. The third-order valence-corrected chi connectivity index (χ3v) is 3.64. The van der Waals surface area contributed by atoms with E-state index in [2.05, 4.69) is 15.5 Å². The van der Waals surface area contributed by atoms with Crippen molar-refractivity contribution in [1.29, 1.82) is 0 Å². The van der Waals surface area contributed by atoms with Crippen LogP contribution in [0, 0.1) is 0 Å². The largest absolute Gasteiger partial charge is 0.486 e. The maximum atomic E-state index is 11.4. The normalized spacial score (nSPS) is 20.6. The number of anilines is 1. The predicted molar refractivity (Wildman–Crippen MR) is 75.6 cm³/mol. The van der Waals surface area contributed by atoms with Crippen LogP contribution < -0.4 is 25.0 Å². The van der Waals surface area contributed by atoms with Crippen molar-refractivity contribution in [2.24, 2.45) is 0 Å². The molecule has 2 aliphatic heterocycles. The molecule has 0 saturated carbocycles. The Balaban J connectivity index is 1.73. The number of para-hydroxylation sites is 1. The fourth-order valence-corrected chi connectivity index (χ4v) is 2.66. The number of urea groups is 1. The van der Waals surface area contributed by atoms with Gasteiger partial charge in [0.1, 0.15) is 13.2 Å². The topological polar surface area (TPSA) is 62.8 Å². The van der Waals surface area contributed by atoms with Crippen molar-refractivity contribution in [2.45, 2.75) is 12.5 Å². The number of carbonyl (C=O) groups is 1. The number of hydrogen-bond acceptors (Lipinski definition) is 4. The zero-order valence-electron chi connectivity index (χ0n) is 11.5. The fraction of sp³-hybridized carbons (Fsp3) is 0.500. The van der Waals surface area contributed by atoms with Crippen LogP contribution in [0.4, 0.5) is 10.5 Å². The molecule has 0 aromatic heterocycles. The van der Waals surface area contributed by atoms with Gasteiger partial charge in [-0.1, -0.05) is 6.07 Å². The maximum absolute atomic E-state index is 11.4. The lowest BCUT2D eigenvalue weighted by Gasteiger charge is -2.26. The van der Waals surface area contributed by atoms with Crippen LogP contribution in [0.15, 0.2) is 18.2 Å². The molecule has 0 aliphatic carbocycles. The zero-order valence-corrected chi connectivity index (χ0v) is 11.5. The van der Waals surface area contributed by atoms with Gasteiger partial charge in [-0.3, -0.25) is 0 Å². The summed E-state index contributed by atoms with van der Waals surface area (Å²) in [6.07, 6.45) is 0.929. The van der Waals surface area contributed by atoms with E-state index in [9.17, 15) is 4.79 Å². The Hall–Kier alpha value is -2.11. The summed E-state index contributed by atoms with van der Waals surface area (Å²) in [6.45, 7) is 2.86. The van der Waals surface area contributed by atoms with Crippen molar-refractivity contribution >= 4 is 11.7 Å². The monoisotopic (exact) mass is 277 g/mol. The lowest BCUT2D eigenvalue weighted by molar-refractivity contribution is 0.172. The summed E-state index contributed by atoms with van der Waals surface area (Å²) in [6, 6.07) is 5.97. The van der Waals surface area contributed by atoms with Crippen molar-refractivity contribution < 1.29 is 14.3 Å². The first-order chi connectivity index (χ1) is 9.78. The molecule has 1 aromatic carbocycles. The van der Waals surface area contributed by atoms with E-state index < -0.39 is 0 Å². The molecule has 2 aliphatic rings. The smallest absolute Gasteiger partial charge is 0.314 e. The van der Waals surface area contributed by atoms with Crippen molar-refractivity contribution in [3.63, 3.8) is 0 Å². The predicted octanol–water partition coefficient (Wildman–Crippen LogP) is 0.965. The third kappa shape index (κ3) is 2.45. The molecule has 3 rings (SSSR count). The van der Waals surface area contributed by atoms with E-state index in [0.29, 0.717) is 13.2 Å². The van der Waals surface area contributed by atoms with E-state index in [4.69, 9.17) is 9.47 Å². The molecule has 2 amide bonds. The van der Waals surface area contributed by atoms with Gasteiger partial charge in [0.05, 0.1) is 5.69 Å². The van der Waals surface area contributed by atoms with Gasteiger partial charge in [0.2, 0.25) is 0 Å². The van der Waals surface area contributed by atoms with Crippen LogP contribution in [-0.4, -0.2) is 45.4 Å². The number of hydrogen-bond donors (Lipinski definition) is 2. The van der Waals surface area contributed by atoms with E-state index in [1.54, 1.807) is 7.05 Å². The molecule has 0 spiro atoms. The summed E-state index contributed by atoms with van der Waals surface area (Å²) >= 11 is 0. The number of ether oxygens (including phenoxy) is 2. The van der Waals surface area contributed by atoms with Crippen LogP contribution in [0.2, 0.25) is 0 Å². The Morgan fingerprint density at radius 3 is 3.05 bits per heavy atom. The van der Waals surface area contributed by atoms with Gasteiger partial charge in [-0.25, -0.2) is 4.79 Å². The van der Waals surface area contributed by atoms with Crippen LogP contribution >= 0.6 is 0 Å². The minimum Gasteiger partial charge on any atom is -0.486 e. The van der Waals surface area contributed by atoms with Crippen LogP contribution in [-0.2, 0) is 0 Å². The van der Waals surface area contributed by atoms with Gasteiger partial charge in [-0.2, -0.15) is 0 Å². The molecule has 1 atom stereocenters. The lowest BCUT2D eigenvalue weighted by Crippen LogP contribution is -2.42. The number of carbonyl (C=O) groups excluding carboxylic acids is 1. The quantitative estimate of drug-likeness (QED) is 0.845. The van der Waals surface area contributed by atoms with Crippen LogP contribution in [0.5, 0.6) is 11.5 Å². The molecular formula is C14H19N3O3. The minimum atomic E-state index is -0.133. The molecule has 2 heterocycles. The number of rotatable bonds is 2. The molecule has 108 valence electrons. The average molecular weight is 277 g/mol. The van der Waals surface area contributed by atoms with Gasteiger partial charge >= 0.3 is 6.03 Å². The van der Waals surface area contributed by atoms with Crippen LogP contribution in [0.3, 0.4) is 0 Å². The van der Waals surface area contributed by atoms with Crippen molar-refractivity contribution in [3.05, 3.63) is 18.2 Å². The van der Waals surface area contributed by atoms with E-state index >= 15 is 0 Å². The first kappa shape index (κ1) is 12.9. The second-order valence-corrected chi connectivity index (χ2v) is 4.96. The van der Waals surface area contributed by atoms with Gasteiger partial charge in [-0.05, 0) is 18.6 Å². The summed E-state index contributed by atoms with van der Waals surface area (Å²) < 4.78 is 11.3. The Kier molecular flexibility index (Phi) is 3.54. The number of nitrogens with one attached hydrogen (secondary N) is 2. The van der Waals surface area contributed by atoms with Crippen molar-refractivity contribution in [1.82, 2.24) is 10.6 Å². The third-order valence-electron chi connectivity index (χ3n) is 3.64. The molecule has 0 unspecified atom stereocenters. The van der Waals surface area contributed by atoms with Crippen LogP contribution in [0.1, 0.15) is 6.42 Å². The molecule has 6 heteroatoms. The Bertz CT molecular complexity index is 506. The van der Waals surface area contributed by atoms with Gasteiger partial charge < -0.3 is 25.0 Å². The first-order valence-electron chi connectivity index (χ1n) is 6.89. The molecule has 20 heavy (non-hydrogen) atoms. The molecule has 1 saturated heterocycles. The number of benzene rings is 1. The number of fused-ring (bicyclic) bond motifs is 1. The molecule has 1 fully saturated rings. The van der Waals surface area contributed by atoms with Gasteiger partial charge in [0.25, 0.3) is 0 Å². The van der Waals surface area contributed by atoms with E-state index in [0.717, 1.165) is 36.7 Å². The molecule has 0 radical (unpaired) electrons. The van der Waals surface area contributed by atoms with Gasteiger partial charge in [-0.15, -0.1) is 0 Å². The van der Waals surface area contributed by atoms with Crippen molar-refractivity contribution in [2.75, 3.05) is 38.3 Å². The summed E-state index contributed by atoms with van der Waals surface area (Å²) in [5.74, 6) is 1.62. The number of nitrogens with zero attached hydrogens (tertiary/aromatic N) is 1. The SMILES string of the molecule is CNC(=O)N[C@H]1CCN(c2cccc3c2OCCO3)C1. The van der Waals surface area contributed by atoms with Crippen molar-refractivity contribution in [3.8, 4) is 11.5 Å². The second-order valence-electron chi connectivity index (χ2n) is 4.96. The highest BCUT2D eigenvalue weighted by Crippen LogP contribution is 2.40. The number of amides is 2. The first-order valence-corrected chi connectivity index (χ1v) is 6.89. The summed E-state index contributed by atoms with van der Waals surface area (Å²) in [4.78, 5) is 13.6. The van der Waals surface area contributed by atoms with E-state index in [-0.39, 0.29) is 12.1 Å². The summed E-state index contributed by atoms with van der Waals surface area (Å²) in [5, 5.41) is 5.53. The molecule has 0 bridgehead atoms. The molecular weight excluding hydrogens is 258 g/mol. The van der Waals surface area contributed by atoms with E-state index in [1.807, 2.05) is 18.2 Å². The summed E-state index contributed by atoms with van der Waals surface area (Å²) in [7, 11) is 1.63.